The van der Waals surface area contributed by atoms with E-state index in [4.69, 9.17) is 9.72 Å². The number of thiazole rings is 1. The number of hydrogen-bond acceptors (Lipinski definition) is 6. The number of nitrogens with zero attached hydrogens (tertiary/aromatic N) is 2. The van der Waals surface area contributed by atoms with E-state index in [0.29, 0.717) is 16.4 Å². The van der Waals surface area contributed by atoms with Gasteiger partial charge in [-0.25, -0.2) is 9.78 Å². The number of hydrazone groups is 1. The SMILES string of the molecule is O=C(Oc1ccc(/C=N\Nc2nc(-c3ccccc3)c(-c3ccccc3)s2)cc1)c1cccc(Br)c1. The minimum atomic E-state index is -0.411. The molecule has 5 rings (SSSR count). The Balaban J connectivity index is 1.28. The Morgan fingerprint density at radius 2 is 1.56 bits per heavy atom. The number of ether oxygens (including phenoxy) is 1. The van der Waals surface area contributed by atoms with Crippen molar-refractivity contribution in [3.8, 4) is 27.4 Å². The van der Waals surface area contributed by atoms with Gasteiger partial charge in [0.25, 0.3) is 0 Å². The Bertz CT molecular complexity index is 1440. The minimum absolute atomic E-state index is 0.411. The lowest BCUT2D eigenvalue weighted by Gasteiger charge is -2.05. The zero-order valence-electron chi connectivity index (χ0n) is 19.0. The fraction of sp³-hybridized carbons (Fsp3) is 0. The summed E-state index contributed by atoms with van der Waals surface area (Å²) in [4.78, 5) is 18.2. The summed E-state index contributed by atoms with van der Waals surface area (Å²) in [5.74, 6) is 0.0524. The molecule has 7 heteroatoms. The van der Waals surface area contributed by atoms with Gasteiger partial charge in [0.05, 0.1) is 22.3 Å². The summed E-state index contributed by atoms with van der Waals surface area (Å²) in [5, 5.41) is 5.06. The highest BCUT2D eigenvalue weighted by Crippen LogP contribution is 2.38. The lowest BCUT2D eigenvalue weighted by Crippen LogP contribution is -2.08. The average Bonchev–Trinajstić information content (AvgIpc) is 3.35. The fourth-order valence-electron chi connectivity index (χ4n) is 3.51. The van der Waals surface area contributed by atoms with Crippen molar-refractivity contribution in [3.05, 3.63) is 125 Å². The van der Waals surface area contributed by atoms with Crippen molar-refractivity contribution in [2.75, 3.05) is 5.43 Å². The van der Waals surface area contributed by atoms with E-state index >= 15 is 0 Å². The van der Waals surface area contributed by atoms with Gasteiger partial charge in [-0.05, 0) is 53.6 Å². The van der Waals surface area contributed by atoms with Gasteiger partial charge in [0.1, 0.15) is 5.75 Å². The van der Waals surface area contributed by atoms with Crippen LogP contribution in [0.15, 0.2) is 119 Å². The zero-order valence-corrected chi connectivity index (χ0v) is 21.4. The van der Waals surface area contributed by atoms with Crippen molar-refractivity contribution in [3.63, 3.8) is 0 Å². The molecule has 0 radical (unpaired) electrons. The van der Waals surface area contributed by atoms with E-state index in [-0.39, 0.29) is 0 Å². The number of hydrogen-bond donors (Lipinski definition) is 1. The van der Waals surface area contributed by atoms with E-state index in [2.05, 4.69) is 50.7 Å². The molecule has 0 saturated carbocycles. The highest BCUT2D eigenvalue weighted by atomic mass is 79.9. The van der Waals surface area contributed by atoms with Gasteiger partial charge in [0.15, 0.2) is 0 Å². The van der Waals surface area contributed by atoms with Gasteiger partial charge in [0.2, 0.25) is 5.13 Å². The smallest absolute Gasteiger partial charge is 0.343 e. The Morgan fingerprint density at radius 3 is 2.25 bits per heavy atom. The zero-order chi connectivity index (χ0) is 24.7. The molecule has 0 atom stereocenters. The molecule has 176 valence electrons. The van der Waals surface area contributed by atoms with Crippen LogP contribution in [0.1, 0.15) is 15.9 Å². The van der Waals surface area contributed by atoms with Gasteiger partial charge in [-0.15, -0.1) is 0 Å². The van der Waals surface area contributed by atoms with E-state index in [1.54, 1.807) is 47.9 Å². The summed E-state index contributed by atoms with van der Waals surface area (Å²) in [7, 11) is 0. The number of esters is 1. The van der Waals surface area contributed by atoms with Crippen molar-refractivity contribution in [1.29, 1.82) is 0 Å². The monoisotopic (exact) mass is 553 g/mol. The molecule has 1 heterocycles. The van der Waals surface area contributed by atoms with Crippen LogP contribution in [0.5, 0.6) is 5.75 Å². The molecule has 0 aliphatic carbocycles. The van der Waals surface area contributed by atoms with E-state index in [0.717, 1.165) is 31.7 Å². The minimum Gasteiger partial charge on any atom is -0.423 e. The van der Waals surface area contributed by atoms with E-state index in [9.17, 15) is 4.79 Å². The third-order valence-corrected chi connectivity index (χ3v) is 6.74. The molecule has 0 spiro atoms. The maximum Gasteiger partial charge on any atom is 0.343 e. The maximum atomic E-state index is 12.3. The summed E-state index contributed by atoms with van der Waals surface area (Å²) >= 11 is 4.92. The number of carbonyl (C=O) groups is 1. The molecule has 1 aromatic heterocycles. The number of carbonyl (C=O) groups excluding carboxylic acids is 1. The second-order valence-corrected chi connectivity index (χ2v) is 9.68. The number of benzene rings is 4. The van der Waals surface area contributed by atoms with Crippen LogP contribution >= 0.6 is 27.3 Å². The van der Waals surface area contributed by atoms with Gasteiger partial charge in [0, 0.05) is 10.0 Å². The average molecular weight is 554 g/mol. The lowest BCUT2D eigenvalue weighted by molar-refractivity contribution is 0.0734. The number of aromatic nitrogens is 1. The Kier molecular flexibility index (Phi) is 7.30. The first-order valence-corrected chi connectivity index (χ1v) is 12.8. The summed E-state index contributed by atoms with van der Waals surface area (Å²) in [5.41, 5.74) is 7.47. The highest BCUT2D eigenvalue weighted by molar-refractivity contribution is 9.10. The summed E-state index contributed by atoms with van der Waals surface area (Å²) in [6.07, 6.45) is 1.70. The molecule has 4 aromatic carbocycles. The highest BCUT2D eigenvalue weighted by Gasteiger charge is 2.14. The van der Waals surface area contributed by atoms with Gasteiger partial charge in [-0.1, -0.05) is 94.0 Å². The molecule has 0 fully saturated rings. The van der Waals surface area contributed by atoms with E-state index in [1.165, 1.54) is 0 Å². The van der Waals surface area contributed by atoms with Gasteiger partial charge in [-0.2, -0.15) is 5.10 Å². The van der Waals surface area contributed by atoms with Gasteiger partial charge < -0.3 is 4.74 Å². The maximum absolute atomic E-state index is 12.3. The molecule has 0 aliphatic rings. The van der Waals surface area contributed by atoms with Crippen molar-refractivity contribution in [1.82, 2.24) is 4.98 Å². The largest absolute Gasteiger partial charge is 0.423 e. The summed E-state index contributed by atoms with van der Waals surface area (Å²) < 4.78 is 6.28. The predicted molar refractivity (Wildman–Crippen MR) is 150 cm³/mol. The molecule has 0 bridgehead atoms. The van der Waals surface area contributed by atoms with Crippen LogP contribution in [0.25, 0.3) is 21.7 Å². The van der Waals surface area contributed by atoms with Crippen LogP contribution in [0.2, 0.25) is 0 Å². The normalized spacial score (nSPS) is 10.9. The first-order valence-electron chi connectivity index (χ1n) is 11.1. The van der Waals surface area contributed by atoms with Crippen LogP contribution in [0.4, 0.5) is 5.13 Å². The van der Waals surface area contributed by atoms with Gasteiger partial charge >= 0.3 is 5.97 Å². The quantitative estimate of drug-likeness (QED) is 0.0962. The molecule has 5 aromatic rings. The fourth-order valence-corrected chi connectivity index (χ4v) is 4.85. The molecule has 0 saturated heterocycles. The molecule has 0 unspecified atom stereocenters. The van der Waals surface area contributed by atoms with E-state index < -0.39 is 5.97 Å². The van der Waals surface area contributed by atoms with Gasteiger partial charge in [-0.3, -0.25) is 5.43 Å². The molecule has 1 N–H and O–H groups in total. The first kappa shape index (κ1) is 23.7. The van der Waals surface area contributed by atoms with Crippen molar-refractivity contribution in [2.45, 2.75) is 0 Å². The van der Waals surface area contributed by atoms with Crippen molar-refractivity contribution in [2.24, 2.45) is 5.10 Å². The van der Waals surface area contributed by atoms with Crippen LogP contribution in [-0.2, 0) is 0 Å². The third kappa shape index (κ3) is 5.76. The van der Waals surface area contributed by atoms with Crippen LogP contribution in [-0.4, -0.2) is 17.2 Å². The molecule has 0 amide bonds. The molecule has 5 nitrogen and oxygen atoms in total. The predicted octanol–water partition coefficient (Wildman–Crippen LogP) is 7.90. The number of anilines is 1. The molecule has 0 aliphatic heterocycles. The summed E-state index contributed by atoms with van der Waals surface area (Å²) in [6, 6.07) is 34.6. The second-order valence-electron chi connectivity index (χ2n) is 7.77. The third-order valence-electron chi connectivity index (χ3n) is 5.24. The Labute approximate surface area is 221 Å². The molecule has 36 heavy (non-hydrogen) atoms. The number of rotatable bonds is 7. The topological polar surface area (TPSA) is 63.6 Å². The van der Waals surface area contributed by atoms with Crippen LogP contribution < -0.4 is 10.2 Å². The Morgan fingerprint density at radius 1 is 0.861 bits per heavy atom. The Hall–Kier alpha value is -4.07. The number of halogens is 1. The molecular weight excluding hydrogens is 534 g/mol. The standard InChI is InChI=1S/C29H20BrN3O2S/c30-24-13-7-12-23(18-24)28(34)35-25-16-14-20(15-17-25)19-31-33-29-32-26(21-8-3-1-4-9-21)27(36-29)22-10-5-2-6-11-22/h1-19H,(H,32,33)/b31-19-. The van der Waals surface area contributed by atoms with Crippen LogP contribution in [0, 0.1) is 0 Å². The van der Waals surface area contributed by atoms with E-state index in [1.807, 2.05) is 54.6 Å². The van der Waals surface area contributed by atoms with Crippen molar-refractivity contribution >= 4 is 44.6 Å². The van der Waals surface area contributed by atoms with Crippen molar-refractivity contribution < 1.29 is 9.53 Å². The molecular formula is C29H20BrN3O2S. The lowest BCUT2D eigenvalue weighted by atomic mass is 10.1. The van der Waals surface area contributed by atoms with Crippen LogP contribution in [0.3, 0.4) is 0 Å². The second kappa shape index (κ2) is 11.1. The first-order chi connectivity index (χ1) is 17.7. The summed E-state index contributed by atoms with van der Waals surface area (Å²) in [6.45, 7) is 0. The number of nitrogens with one attached hydrogen (secondary N) is 1.